The Balaban J connectivity index is 2.05. The molecule has 0 aromatic carbocycles. The largest absolute Gasteiger partial charge is 0.325 e. The third-order valence-corrected chi connectivity index (χ3v) is 3.14. The number of pyridine rings is 1. The van der Waals surface area contributed by atoms with Crippen molar-refractivity contribution in [3.8, 4) is 0 Å². The number of hydrogen-bond acceptors (Lipinski definition) is 4. The molecule has 0 fully saturated rings. The van der Waals surface area contributed by atoms with Gasteiger partial charge in [0, 0.05) is 25.5 Å². The quantitative estimate of drug-likeness (QED) is 0.531. The Labute approximate surface area is 125 Å². The summed E-state index contributed by atoms with van der Waals surface area (Å²) >= 11 is 0. The minimum absolute atomic E-state index is 0.0276. The van der Waals surface area contributed by atoms with Crippen LogP contribution in [0, 0.1) is 0 Å². The maximum atomic E-state index is 11.6. The molecular weight excluding hydrogens is 268 g/mol. The second kappa shape index (κ2) is 9.80. The summed E-state index contributed by atoms with van der Waals surface area (Å²) in [6, 6.07) is 3.56. The number of hydrogen-bond donors (Lipinski definition) is 1. The summed E-state index contributed by atoms with van der Waals surface area (Å²) in [5.74, 6) is -0.585. The number of aromatic nitrogens is 1. The molecule has 0 atom stereocenters. The third-order valence-electron chi connectivity index (χ3n) is 3.14. The van der Waals surface area contributed by atoms with Crippen LogP contribution in [0.5, 0.6) is 0 Å². The summed E-state index contributed by atoms with van der Waals surface area (Å²) in [4.78, 5) is 38.0. The van der Waals surface area contributed by atoms with Crippen molar-refractivity contribution in [2.24, 2.45) is 0 Å². The standard InChI is InChI=1S/C16H22N2O3/c1-2-14(19)15(20)9-5-3-4-6-10-16(21)18-13-8-7-11-17-12-13/h7-8,11-12H,2-6,9-10H2,1H3,(H,18,21). The lowest BCUT2D eigenvalue weighted by atomic mass is 10.1. The fourth-order valence-corrected chi connectivity index (χ4v) is 1.92. The predicted octanol–water partition coefficient (Wildman–Crippen LogP) is 2.91. The van der Waals surface area contributed by atoms with Crippen LogP contribution in [-0.4, -0.2) is 22.5 Å². The number of Topliss-reactive ketones (excluding diaryl/α,β-unsaturated/α-hetero) is 2. The number of amides is 1. The lowest BCUT2D eigenvalue weighted by Crippen LogP contribution is -2.12. The van der Waals surface area contributed by atoms with Crippen molar-refractivity contribution in [3.63, 3.8) is 0 Å². The number of nitrogens with one attached hydrogen (secondary N) is 1. The maximum absolute atomic E-state index is 11.6. The van der Waals surface area contributed by atoms with E-state index in [0.717, 1.165) is 25.7 Å². The number of carbonyl (C=O) groups is 3. The summed E-state index contributed by atoms with van der Waals surface area (Å²) < 4.78 is 0. The van der Waals surface area contributed by atoms with E-state index in [1.165, 1.54) is 0 Å². The van der Waals surface area contributed by atoms with Crippen molar-refractivity contribution >= 4 is 23.2 Å². The van der Waals surface area contributed by atoms with Gasteiger partial charge in [-0.05, 0) is 25.0 Å². The van der Waals surface area contributed by atoms with Gasteiger partial charge in [-0.25, -0.2) is 0 Å². The van der Waals surface area contributed by atoms with Crippen LogP contribution in [0.4, 0.5) is 5.69 Å². The Hall–Kier alpha value is -2.04. The molecule has 1 aromatic heterocycles. The fraction of sp³-hybridized carbons (Fsp3) is 0.500. The third kappa shape index (κ3) is 7.34. The van der Waals surface area contributed by atoms with Crippen molar-refractivity contribution in [1.82, 2.24) is 4.98 Å². The van der Waals surface area contributed by atoms with Crippen LogP contribution in [0.2, 0.25) is 0 Å². The molecule has 0 bridgehead atoms. The smallest absolute Gasteiger partial charge is 0.224 e. The molecule has 0 aliphatic carbocycles. The Morgan fingerprint density at radius 2 is 1.76 bits per heavy atom. The average molecular weight is 290 g/mol. The molecule has 5 nitrogen and oxygen atoms in total. The fourth-order valence-electron chi connectivity index (χ4n) is 1.92. The van der Waals surface area contributed by atoms with E-state index in [2.05, 4.69) is 10.3 Å². The van der Waals surface area contributed by atoms with E-state index in [1.807, 2.05) is 0 Å². The Morgan fingerprint density at radius 1 is 1.05 bits per heavy atom. The molecule has 0 spiro atoms. The van der Waals surface area contributed by atoms with Crippen molar-refractivity contribution in [2.45, 2.75) is 51.9 Å². The highest BCUT2D eigenvalue weighted by Crippen LogP contribution is 2.09. The van der Waals surface area contributed by atoms with Crippen molar-refractivity contribution in [3.05, 3.63) is 24.5 Å². The van der Waals surface area contributed by atoms with Crippen LogP contribution in [-0.2, 0) is 14.4 Å². The van der Waals surface area contributed by atoms with Gasteiger partial charge in [-0.1, -0.05) is 19.8 Å². The van der Waals surface area contributed by atoms with Gasteiger partial charge >= 0.3 is 0 Å². The highest BCUT2D eigenvalue weighted by atomic mass is 16.2. The number of unbranched alkanes of at least 4 members (excludes halogenated alkanes) is 3. The first-order valence-electron chi connectivity index (χ1n) is 7.39. The van der Waals surface area contributed by atoms with E-state index in [1.54, 1.807) is 31.5 Å². The second-order valence-corrected chi connectivity index (χ2v) is 4.90. The van der Waals surface area contributed by atoms with E-state index < -0.39 is 0 Å². The van der Waals surface area contributed by atoms with E-state index >= 15 is 0 Å². The molecule has 0 saturated heterocycles. The summed E-state index contributed by atoms with van der Waals surface area (Å²) in [7, 11) is 0. The molecular formula is C16H22N2O3. The zero-order chi connectivity index (χ0) is 15.5. The molecule has 1 rings (SSSR count). The lowest BCUT2D eigenvalue weighted by Gasteiger charge is -2.04. The topological polar surface area (TPSA) is 76.1 Å². The van der Waals surface area contributed by atoms with Gasteiger partial charge in [0.15, 0.2) is 11.6 Å². The van der Waals surface area contributed by atoms with E-state index in [0.29, 0.717) is 18.5 Å². The molecule has 114 valence electrons. The predicted molar refractivity (Wildman–Crippen MR) is 80.9 cm³/mol. The number of ketones is 2. The second-order valence-electron chi connectivity index (χ2n) is 4.90. The zero-order valence-electron chi connectivity index (χ0n) is 12.4. The highest BCUT2D eigenvalue weighted by Gasteiger charge is 2.10. The molecule has 0 saturated carbocycles. The first-order chi connectivity index (χ1) is 10.1. The summed E-state index contributed by atoms with van der Waals surface area (Å²) in [5, 5.41) is 2.77. The van der Waals surface area contributed by atoms with Gasteiger partial charge in [-0.3, -0.25) is 19.4 Å². The van der Waals surface area contributed by atoms with Gasteiger partial charge in [0.25, 0.3) is 0 Å². The Morgan fingerprint density at radius 3 is 2.38 bits per heavy atom. The van der Waals surface area contributed by atoms with Gasteiger partial charge < -0.3 is 5.32 Å². The number of nitrogens with zero attached hydrogens (tertiary/aromatic N) is 1. The molecule has 1 heterocycles. The molecule has 0 unspecified atom stereocenters. The average Bonchev–Trinajstić information content (AvgIpc) is 2.50. The van der Waals surface area contributed by atoms with Crippen LogP contribution in [0.3, 0.4) is 0 Å². The first-order valence-corrected chi connectivity index (χ1v) is 7.39. The van der Waals surface area contributed by atoms with Gasteiger partial charge in [0.05, 0.1) is 11.9 Å². The molecule has 5 heteroatoms. The van der Waals surface area contributed by atoms with Gasteiger partial charge in [0.1, 0.15) is 0 Å². The summed E-state index contributed by atoms with van der Waals surface area (Å²) in [6.07, 6.45) is 7.57. The normalized spacial score (nSPS) is 10.1. The van der Waals surface area contributed by atoms with Crippen molar-refractivity contribution in [2.75, 3.05) is 5.32 Å². The Bertz CT molecular complexity index is 472. The maximum Gasteiger partial charge on any atom is 0.224 e. The summed E-state index contributed by atoms with van der Waals surface area (Å²) in [6.45, 7) is 1.70. The van der Waals surface area contributed by atoms with Crippen LogP contribution >= 0.6 is 0 Å². The monoisotopic (exact) mass is 290 g/mol. The van der Waals surface area contributed by atoms with Crippen LogP contribution in [0.25, 0.3) is 0 Å². The molecule has 0 aliphatic heterocycles. The van der Waals surface area contributed by atoms with Crippen molar-refractivity contribution in [1.29, 1.82) is 0 Å². The molecule has 0 radical (unpaired) electrons. The van der Waals surface area contributed by atoms with E-state index in [4.69, 9.17) is 0 Å². The number of carbonyl (C=O) groups excluding carboxylic acids is 3. The van der Waals surface area contributed by atoms with Crippen LogP contribution < -0.4 is 5.32 Å². The molecule has 1 amide bonds. The minimum Gasteiger partial charge on any atom is -0.325 e. The first kappa shape index (κ1) is 17.0. The number of anilines is 1. The zero-order valence-corrected chi connectivity index (χ0v) is 12.4. The van der Waals surface area contributed by atoms with Gasteiger partial charge in [-0.2, -0.15) is 0 Å². The van der Waals surface area contributed by atoms with Crippen LogP contribution in [0.1, 0.15) is 51.9 Å². The highest BCUT2D eigenvalue weighted by molar-refractivity contribution is 6.37. The number of rotatable bonds is 10. The summed E-state index contributed by atoms with van der Waals surface area (Å²) in [5.41, 5.74) is 0.700. The molecule has 21 heavy (non-hydrogen) atoms. The molecule has 1 aromatic rings. The van der Waals surface area contributed by atoms with E-state index in [-0.39, 0.29) is 23.9 Å². The van der Waals surface area contributed by atoms with Crippen molar-refractivity contribution < 1.29 is 14.4 Å². The lowest BCUT2D eigenvalue weighted by molar-refractivity contribution is -0.136. The molecule has 1 N–H and O–H groups in total. The van der Waals surface area contributed by atoms with Crippen LogP contribution in [0.15, 0.2) is 24.5 Å². The van der Waals surface area contributed by atoms with E-state index in [9.17, 15) is 14.4 Å². The van der Waals surface area contributed by atoms with Gasteiger partial charge in [-0.15, -0.1) is 0 Å². The van der Waals surface area contributed by atoms with Gasteiger partial charge in [0.2, 0.25) is 5.91 Å². The minimum atomic E-state index is -0.286. The SMILES string of the molecule is CCC(=O)C(=O)CCCCCCC(=O)Nc1cccnc1. The Kier molecular flexibility index (Phi) is 7.94. The molecule has 0 aliphatic rings.